The predicted octanol–water partition coefficient (Wildman–Crippen LogP) is 4.71. The van der Waals surface area contributed by atoms with Gasteiger partial charge in [-0.15, -0.1) is 0 Å². The number of unbranched alkanes of at least 4 members (excludes halogenated alkanes) is 1. The first-order chi connectivity index (χ1) is 10.1. The third kappa shape index (κ3) is 3.87. The summed E-state index contributed by atoms with van der Waals surface area (Å²) >= 11 is 0. The van der Waals surface area contributed by atoms with E-state index in [0.29, 0.717) is 18.2 Å². The van der Waals surface area contributed by atoms with Gasteiger partial charge in [-0.2, -0.15) is 0 Å². The Labute approximate surface area is 130 Å². The van der Waals surface area contributed by atoms with Crippen LogP contribution in [0.25, 0.3) is 0 Å². The van der Waals surface area contributed by atoms with Gasteiger partial charge in [0.15, 0.2) is 0 Å². The molecule has 3 atom stereocenters. The van der Waals surface area contributed by atoms with Crippen molar-refractivity contribution in [1.29, 1.82) is 0 Å². The Bertz CT molecular complexity index is 415. The first-order valence-electron chi connectivity index (χ1n) is 8.52. The van der Waals surface area contributed by atoms with E-state index < -0.39 is 0 Å². The highest BCUT2D eigenvalue weighted by atomic mass is 16.5. The maximum atomic E-state index is 5.85. The lowest BCUT2D eigenvalue weighted by Crippen LogP contribution is -2.61. The SMILES string of the molecule is CCCCC(NC1CC(OCC)C1(C)C)c1ccccc1. The Morgan fingerprint density at radius 2 is 1.95 bits per heavy atom. The number of ether oxygens (including phenoxy) is 1. The van der Waals surface area contributed by atoms with Crippen molar-refractivity contribution < 1.29 is 4.74 Å². The summed E-state index contributed by atoms with van der Waals surface area (Å²) in [7, 11) is 0. The van der Waals surface area contributed by atoms with E-state index in [0.717, 1.165) is 13.0 Å². The molecule has 0 bridgehead atoms. The molecule has 0 saturated heterocycles. The zero-order valence-electron chi connectivity index (χ0n) is 14.1. The van der Waals surface area contributed by atoms with Gasteiger partial charge in [0.2, 0.25) is 0 Å². The van der Waals surface area contributed by atoms with Crippen LogP contribution in [-0.2, 0) is 4.74 Å². The third-order valence-electron chi connectivity index (χ3n) is 5.00. The van der Waals surface area contributed by atoms with E-state index in [1.807, 2.05) is 0 Å². The summed E-state index contributed by atoms with van der Waals surface area (Å²) in [4.78, 5) is 0. The van der Waals surface area contributed by atoms with E-state index in [1.165, 1.54) is 24.8 Å². The molecule has 2 rings (SSSR count). The van der Waals surface area contributed by atoms with E-state index in [9.17, 15) is 0 Å². The fourth-order valence-corrected chi connectivity index (χ4v) is 3.33. The van der Waals surface area contributed by atoms with Crippen LogP contribution in [0.2, 0.25) is 0 Å². The molecule has 0 aliphatic heterocycles. The highest BCUT2D eigenvalue weighted by Crippen LogP contribution is 2.44. The van der Waals surface area contributed by atoms with Gasteiger partial charge in [0.1, 0.15) is 0 Å². The minimum absolute atomic E-state index is 0.231. The second-order valence-electron chi connectivity index (χ2n) is 6.83. The minimum atomic E-state index is 0.231. The molecule has 1 saturated carbocycles. The van der Waals surface area contributed by atoms with Gasteiger partial charge in [0.05, 0.1) is 6.10 Å². The lowest BCUT2D eigenvalue weighted by atomic mass is 9.64. The minimum Gasteiger partial charge on any atom is -0.378 e. The van der Waals surface area contributed by atoms with Crippen molar-refractivity contribution in [2.24, 2.45) is 5.41 Å². The molecule has 0 heterocycles. The number of hydrogen-bond acceptors (Lipinski definition) is 2. The molecule has 1 N–H and O–H groups in total. The topological polar surface area (TPSA) is 21.3 Å². The Balaban J connectivity index is 2.00. The van der Waals surface area contributed by atoms with Crippen molar-refractivity contribution in [2.75, 3.05) is 6.61 Å². The van der Waals surface area contributed by atoms with Crippen molar-refractivity contribution in [2.45, 2.75) is 71.6 Å². The fourth-order valence-electron chi connectivity index (χ4n) is 3.33. The maximum absolute atomic E-state index is 5.85. The molecule has 1 fully saturated rings. The molecule has 2 nitrogen and oxygen atoms in total. The van der Waals surface area contributed by atoms with E-state index in [4.69, 9.17) is 4.74 Å². The normalized spacial score (nSPS) is 25.3. The Morgan fingerprint density at radius 3 is 2.52 bits per heavy atom. The Morgan fingerprint density at radius 1 is 1.24 bits per heavy atom. The summed E-state index contributed by atoms with van der Waals surface area (Å²) < 4.78 is 5.85. The van der Waals surface area contributed by atoms with Crippen LogP contribution in [0.1, 0.15) is 65.0 Å². The van der Waals surface area contributed by atoms with E-state index in [-0.39, 0.29) is 5.41 Å². The van der Waals surface area contributed by atoms with Crippen molar-refractivity contribution in [1.82, 2.24) is 5.32 Å². The van der Waals surface area contributed by atoms with Crippen LogP contribution in [0.5, 0.6) is 0 Å². The smallest absolute Gasteiger partial charge is 0.0655 e. The molecule has 118 valence electrons. The van der Waals surface area contributed by atoms with Crippen LogP contribution in [-0.4, -0.2) is 18.8 Å². The van der Waals surface area contributed by atoms with Crippen LogP contribution in [0, 0.1) is 5.41 Å². The molecule has 2 heteroatoms. The van der Waals surface area contributed by atoms with Crippen molar-refractivity contribution in [3.8, 4) is 0 Å². The van der Waals surface area contributed by atoms with Crippen LogP contribution < -0.4 is 5.32 Å². The zero-order valence-corrected chi connectivity index (χ0v) is 14.1. The van der Waals surface area contributed by atoms with E-state index >= 15 is 0 Å². The summed E-state index contributed by atoms with van der Waals surface area (Å²) in [5, 5.41) is 3.90. The molecule has 0 amide bonds. The highest BCUT2D eigenvalue weighted by Gasteiger charge is 2.49. The second kappa shape index (κ2) is 7.42. The van der Waals surface area contributed by atoms with Gasteiger partial charge in [-0.1, -0.05) is 63.9 Å². The molecule has 1 aliphatic rings. The molecule has 3 unspecified atom stereocenters. The molecule has 0 spiro atoms. The monoisotopic (exact) mass is 289 g/mol. The molecule has 0 radical (unpaired) electrons. The quantitative estimate of drug-likeness (QED) is 0.748. The summed E-state index contributed by atoms with van der Waals surface area (Å²) in [6.07, 6.45) is 5.28. The van der Waals surface area contributed by atoms with Crippen molar-refractivity contribution >= 4 is 0 Å². The van der Waals surface area contributed by atoms with Gasteiger partial charge in [-0.25, -0.2) is 0 Å². The largest absolute Gasteiger partial charge is 0.378 e. The molecule has 21 heavy (non-hydrogen) atoms. The maximum Gasteiger partial charge on any atom is 0.0655 e. The van der Waals surface area contributed by atoms with Gasteiger partial charge in [0.25, 0.3) is 0 Å². The summed E-state index contributed by atoms with van der Waals surface area (Å²) in [6.45, 7) is 9.83. The average Bonchev–Trinajstić information content (AvgIpc) is 2.50. The highest BCUT2D eigenvalue weighted by molar-refractivity contribution is 5.20. The number of hydrogen-bond donors (Lipinski definition) is 1. The molecular weight excluding hydrogens is 258 g/mol. The van der Waals surface area contributed by atoms with Crippen molar-refractivity contribution in [3.05, 3.63) is 35.9 Å². The summed E-state index contributed by atoms with van der Waals surface area (Å²) in [6, 6.07) is 11.9. The molecule has 1 aromatic carbocycles. The third-order valence-corrected chi connectivity index (χ3v) is 5.00. The van der Waals surface area contributed by atoms with Gasteiger partial charge in [-0.05, 0) is 25.3 Å². The van der Waals surface area contributed by atoms with E-state index in [1.54, 1.807) is 0 Å². The molecule has 1 aliphatic carbocycles. The van der Waals surface area contributed by atoms with E-state index in [2.05, 4.69) is 63.3 Å². The summed E-state index contributed by atoms with van der Waals surface area (Å²) in [5.41, 5.74) is 1.65. The number of rotatable bonds is 8. The lowest BCUT2D eigenvalue weighted by molar-refractivity contribution is -0.116. The second-order valence-corrected chi connectivity index (χ2v) is 6.83. The molecule has 0 aromatic heterocycles. The Kier molecular flexibility index (Phi) is 5.83. The van der Waals surface area contributed by atoms with Crippen LogP contribution in [0.15, 0.2) is 30.3 Å². The fraction of sp³-hybridized carbons (Fsp3) is 0.684. The van der Waals surface area contributed by atoms with Crippen LogP contribution in [0.3, 0.4) is 0 Å². The lowest BCUT2D eigenvalue weighted by Gasteiger charge is -2.53. The first-order valence-corrected chi connectivity index (χ1v) is 8.52. The number of benzene rings is 1. The van der Waals surface area contributed by atoms with Gasteiger partial charge in [-0.3, -0.25) is 0 Å². The standard InChI is InChI=1S/C19H31NO/c1-5-7-13-16(15-11-9-8-10-12-15)20-17-14-18(21-6-2)19(17,3)4/h8-12,16-18,20H,5-7,13-14H2,1-4H3. The Hall–Kier alpha value is -0.860. The summed E-state index contributed by atoms with van der Waals surface area (Å²) in [5.74, 6) is 0. The van der Waals surface area contributed by atoms with Gasteiger partial charge < -0.3 is 10.1 Å². The van der Waals surface area contributed by atoms with Gasteiger partial charge in [0, 0.05) is 24.1 Å². The molecular formula is C19H31NO. The van der Waals surface area contributed by atoms with Crippen LogP contribution >= 0.6 is 0 Å². The predicted molar refractivity (Wildman–Crippen MR) is 89.4 cm³/mol. The zero-order chi connectivity index (χ0) is 15.3. The first kappa shape index (κ1) is 16.5. The van der Waals surface area contributed by atoms with Crippen LogP contribution in [0.4, 0.5) is 0 Å². The average molecular weight is 289 g/mol. The number of nitrogens with one attached hydrogen (secondary N) is 1. The molecule has 1 aromatic rings. The van der Waals surface area contributed by atoms with Gasteiger partial charge >= 0.3 is 0 Å². The van der Waals surface area contributed by atoms with Crippen molar-refractivity contribution in [3.63, 3.8) is 0 Å².